The molecule has 2 rings (SSSR count). The van der Waals surface area contributed by atoms with Crippen LogP contribution in [0.4, 0.5) is 0 Å². The van der Waals surface area contributed by atoms with Gasteiger partial charge in [0.2, 0.25) is 0 Å². The first kappa shape index (κ1) is 23.3. The Kier molecular flexibility index (Phi) is 9.53. The van der Waals surface area contributed by atoms with Gasteiger partial charge in [0, 0.05) is 37.9 Å². The number of rotatable bonds is 12. The summed E-state index contributed by atoms with van der Waals surface area (Å²) in [5.74, 6) is -0.169. The third-order valence-corrected chi connectivity index (χ3v) is 4.44. The lowest BCUT2D eigenvalue weighted by Gasteiger charge is -2.23. The fourth-order valence-corrected chi connectivity index (χ4v) is 2.83. The van der Waals surface area contributed by atoms with Crippen molar-refractivity contribution in [2.75, 3.05) is 40.4 Å². The maximum atomic E-state index is 13.1. The molecule has 29 heavy (non-hydrogen) atoms. The summed E-state index contributed by atoms with van der Waals surface area (Å²) in [6.45, 7) is 7.03. The summed E-state index contributed by atoms with van der Waals surface area (Å²) in [6, 6.07) is 7.49. The van der Waals surface area contributed by atoms with Gasteiger partial charge in [-0.25, -0.2) is 4.68 Å². The number of aromatic nitrogens is 3. The average Bonchev–Trinajstić information content (AvgIpc) is 3.15. The topological polar surface area (TPSA) is 72.7 Å². The van der Waals surface area contributed by atoms with Crippen LogP contribution >= 0.6 is 11.6 Å². The molecule has 0 bridgehead atoms. The van der Waals surface area contributed by atoms with E-state index >= 15 is 0 Å². The summed E-state index contributed by atoms with van der Waals surface area (Å²) >= 11 is 5.97. The Morgan fingerprint density at radius 1 is 1.14 bits per heavy atom. The van der Waals surface area contributed by atoms with Crippen LogP contribution in [0.2, 0.25) is 5.02 Å². The number of hydrogen-bond acceptors (Lipinski definition) is 6. The highest BCUT2D eigenvalue weighted by Crippen LogP contribution is 2.13. The molecule has 9 heteroatoms. The largest absolute Gasteiger partial charge is 0.351 e. The molecule has 0 aliphatic heterocycles. The van der Waals surface area contributed by atoms with E-state index in [1.807, 2.05) is 57.1 Å². The minimum atomic E-state index is -0.423. The van der Waals surface area contributed by atoms with Crippen molar-refractivity contribution in [3.8, 4) is 0 Å². The molecule has 0 aliphatic rings. The molecule has 0 aliphatic carbocycles. The number of halogens is 1. The van der Waals surface area contributed by atoms with E-state index < -0.39 is 6.29 Å². The van der Waals surface area contributed by atoms with Crippen LogP contribution in [0.25, 0.3) is 0 Å². The fraction of sp³-hybridized carbons (Fsp3) is 0.550. The maximum Gasteiger partial charge on any atom is 0.276 e. The Bertz CT molecular complexity index is 745. The molecule has 0 saturated carbocycles. The monoisotopic (exact) mass is 423 g/mol. The van der Waals surface area contributed by atoms with Gasteiger partial charge in [0.05, 0.1) is 12.7 Å². The van der Waals surface area contributed by atoms with Crippen molar-refractivity contribution < 1.29 is 14.3 Å². The lowest BCUT2D eigenvalue weighted by molar-refractivity contribution is -0.145. The number of carbonyl (C=O) groups excluding carboxylic acids is 1. The second-order valence-electron chi connectivity index (χ2n) is 6.82. The van der Waals surface area contributed by atoms with Crippen LogP contribution in [0.5, 0.6) is 0 Å². The van der Waals surface area contributed by atoms with Crippen molar-refractivity contribution in [3.05, 3.63) is 46.7 Å². The van der Waals surface area contributed by atoms with Crippen LogP contribution in [-0.4, -0.2) is 77.4 Å². The van der Waals surface area contributed by atoms with Crippen LogP contribution in [0, 0.1) is 0 Å². The Balaban J connectivity index is 2.10. The molecule has 0 atom stereocenters. The maximum absolute atomic E-state index is 13.1. The number of benzene rings is 1. The average molecular weight is 424 g/mol. The number of likely N-dealkylation sites (N-methyl/N-ethyl adjacent to an activating group) is 1. The van der Waals surface area contributed by atoms with Gasteiger partial charge in [-0.05, 0) is 45.6 Å². The van der Waals surface area contributed by atoms with E-state index in [4.69, 9.17) is 21.1 Å². The fourth-order valence-electron chi connectivity index (χ4n) is 2.71. The minimum Gasteiger partial charge on any atom is -0.351 e. The van der Waals surface area contributed by atoms with Crippen LogP contribution in [0.15, 0.2) is 30.5 Å². The normalized spacial score (nSPS) is 11.4. The molecule has 8 nitrogen and oxygen atoms in total. The quantitative estimate of drug-likeness (QED) is 0.488. The van der Waals surface area contributed by atoms with E-state index in [2.05, 4.69) is 10.3 Å². The molecule has 1 amide bonds. The van der Waals surface area contributed by atoms with Crippen molar-refractivity contribution >= 4 is 17.5 Å². The molecule has 1 heterocycles. The zero-order valence-corrected chi connectivity index (χ0v) is 18.3. The minimum absolute atomic E-state index is 0.169. The summed E-state index contributed by atoms with van der Waals surface area (Å²) in [5.41, 5.74) is 1.30. The Hall–Kier alpha value is -2.00. The molecular formula is C20H30ClN5O3. The molecule has 0 unspecified atom stereocenters. The van der Waals surface area contributed by atoms with Crippen LogP contribution in [0.3, 0.4) is 0 Å². The molecule has 1 aromatic heterocycles. The molecule has 0 N–H and O–H groups in total. The van der Waals surface area contributed by atoms with E-state index in [1.54, 1.807) is 15.8 Å². The predicted molar refractivity (Wildman–Crippen MR) is 112 cm³/mol. The molecule has 2 aromatic rings. The molecular weight excluding hydrogens is 394 g/mol. The van der Waals surface area contributed by atoms with Crippen LogP contribution in [-0.2, 0) is 22.6 Å². The van der Waals surface area contributed by atoms with E-state index in [0.717, 1.165) is 12.1 Å². The van der Waals surface area contributed by atoms with Gasteiger partial charge < -0.3 is 19.3 Å². The van der Waals surface area contributed by atoms with Gasteiger partial charge in [-0.3, -0.25) is 4.79 Å². The van der Waals surface area contributed by atoms with Gasteiger partial charge in [0.15, 0.2) is 12.0 Å². The van der Waals surface area contributed by atoms with Crippen molar-refractivity contribution in [1.82, 2.24) is 24.8 Å². The van der Waals surface area contributed by atoms with Crippen LogP contribution < -0.4 is 0 Å². The smallest absolute Gasteiger partial charge is 0.276 e. The summed E-state index contributed by atoms with van der Waals surface area (Å²) in [5, 5.41) is 8.81. The second kappa shape index (κ2) is 11.9. The highest BCUT2D eigenvalue weighted by molar-refractivity contribution is 6.30. The third-order valence-electron chi connectivity index (χ3n) is 4.19. The summed E-state index contributed by atoms with van der Waals surface area (Å²) in [7, 11) is 3.95. The number of carbonyl (C=O) groups is 1. The predicted octanol–water partition coefficient (Wildman–Crippen LogP) is 2.53. The summed E-state index contributed by atoms with van der Waals surface area (Å²) in [6.07, 6.45) is 1.21. The van der Waals surface area contributed by atoms with Gasteiger partial charge in [0.25, 0.3) is 5.91 Å². The second-order valence-corrected chi connectivity index (χ2v) is 7.26. The van der Waals surface area contributed by atoms with Gasteiger partial charge in [-0.2, -0.15) is 0 Å². The highest BCUT2D eigenvalue weighted by Gasteiger charge is 2.21. The zero-order valence-electron chi connectivity index (χ0n) is 17.5. The number of nitrogens with zero attached hydrogens (tertiary/aromatic N) is 5. The number of amides is 1. The molecule has 0 radical (unpaired) electrons. The summed E-state index contributed by atoms with van der Waals surface area (Å²) in [4.78, 5) is 16.9. The van der Waals surface area contributed by atoms with Crippen molar-refractivity contribution in [3.63, 3.8) is 0 Å². The zero-order chi connectivity index (χ0) is 21.2. The number of ether oxygens (including phenoxy) is 2. The first-order valence-corrected chi connectivity index (χ1v) is 10.1. The molecule has 0 fully saturated rings. The lowest BCUT2D eigenvalue weighted by atomic mass is 10.2. The Morgan fingerprint density at radius 2 is 1.79 bits per heavy atom. The molecule has 0 spiro atoms. The SMILES string of the molecule is CCOC(Cn1cc(C(=O)N(CCN(C)C)Cc2ccc(Cl)cc2)nn1)OCC. The third kappa shape index (κ3) is 7.74. The highest BCUT2D eigenvalue weighted by atomic mass is 35.5. The molecule has 160 valence electrons. The van der Waals surface area contributed by atoms with Gasteiger partial charge >= 0.3 is 0 Å². The molecule has 1 aromatic carbocycles. The lowest BCUT2D eigenvalue weighted by Crippen LogP contribution is -2.36. The van der Waals surface area contributed by atoms with E-state index in [-0.39, 0.29) is 5.91 Å². The van der Waals surface area contributed by atoms with Crippen molar-refractivity contribution in [2.45, 2.75) is 33.2 Å². The first-order chi connectivity index (χ1) is 13.9. The molecule has 0 saturated heterocycles. The first-order valence-electron chi connectivity index (χ1n) is 9.74. The van der Waals surface area contributed by atoms with E-state index in [0.29, 0.717) is 43.6 Å². The summed E-state index contributed by atoms with van der Waals surface area (Å²) < 4.78 is 12.6. The van der Waals surface area contributed by atoms with Gasteiger partial charge in [-0.15, -0.1) is 5.10 Å². The standard InChI is InChI=1S/C20H30ClN5O3/c1-5-28-19(29-6-2)15-26-14-18(22-23-26)20(27)25(12-11-24(3)4)13-16-7-9-17(21)10-8-16/h7-10,14,19H,5-6,11-13,15H2,1-4H3. The van der Waals surface area contributed by atoms with Crippen molar-refractivity contribution in [2.24, 2.45) is 0 Å². The Labute approximate surface area is 177 Å². The van der Waals surface area contributed by atoms with Gasteiger partial charge in [-0.1, -0.05) is 28.9 Å². The van der Waals surface area contributed by atoms with E-state index in [1.165, 1.54) is 0 Å². The Morgan fingerprint density at radius 3 is 2.38 bits per heavy atom. The van der Waals surface area contributed by atoms with Crippen molar-refractivity contribution in [1.29, 1.82) is 0 Å². The number of hydrogen-bond donors (Lipinski definition) is 0. The van der Waals surface area contributed by atoms with Crippen LogP contribution in [0.1, 0.15) is 29.9 Å². The van der Waals surface area contributed by atoms with E-state index in [9.17, 15) is 4.79 Å². The van der Waals surface area contributed by atoms with Gasteiger partial charge in [0.1, 0.15) is 0 Å².